The Morgan fingerprint density at radius 3 is 2.43 bits per heavy atom. The van der Waals surface area contributed by atoms with Crippen molar-refractivity contribution < 1.29 is 0 Å². The summed E-state index contributed by atoms with van der Waals surface area (Å²) < 4.78 is 0. The lowest BCUT2D eigenvalue weighted by Crippen LogP contribution is -2.26. The van der Waals surface area contributed by atoms with Crippen LogP contribution in [0.15, 0.2) is 24.3 Å². The van der Waals surface area contributed by atoms with Crippen molar-refractivity contribution in [3.05, 3.63) is 29.8 Å². The first-order chi connectivity index (χ1) is 6.66. The van der Waals surface area contributed by atoms with Gasteiger partial charge in [0.15, 0.2) is 0 Å². The van der Waals surface area contributed by atoms with Crippen LogP contribution in [0.2, 0.25) is 0 Å². The number of hydrogen-bond donors (Lipinski definition) is 0. The van der Waals surface area contributed by atoms with E-state index in [1.54, 1.807) is 0 Å². The standard InChI is InChI=1S/C13H21N/c1-5-8-12-9-6-7-10-13(12)14(4)11(2)3/h6-7,9-11H,5,8H2,1-4H3. The van der Waals surface area contributed by atoms with Gasteiger partial charge >= 0.3 is 0 Å². The fourth-order valence-corrected chi connectivity index (χ4v) is 1.61. The van der Waals surface area contributed by atoms with Crippen LogP contribution >= 0.6 is 0 Å². The van der Waals surface area contributed by atoms with Gasteiger partial charge in [0.25, 0.3) is 0 Å². The van der Waals surface area contributed by atoms with Crippen molar-refractivity contribution in [2.24, 2.45) is 0 Å². The first kappa shape index (κ1) is 11.1. The van der Waals surface area contributed by atoms with E-state index in [4.69, 9.17) is 0 Å². The Morgan fingerprint density at radius 2 is 1.86 bits per heavy atom. The molecule has 14 heavy (non-hydrogen) atoms. The monoisotopic (exact) mass is 191 g/mol. The van der Waals surface area contributed by atoms with E-state index in [2.05, 4.69) is 57.0 Å². The summed E-state index contributed by atoms with van der Waals surface area (Å²) in [4.78, 5) is 2.34. The van der Waals surface area contributed by atoms with Crippen LogP contribution in [0.25, 0.3) is 0 Å². The van der Waals surface area contributed by atoms with Crippen molar-refractivity contribution >= 4 is 5.69 Å². The highest BCUT2D eigenvalue weighted by Gasteiger charge is 2.08. The second-order valence-corrected chi connectivity index (χ2v) is 4.08. The largest absolute Gasteiger partial charge is 0.372 e. The van der Waals surface area contributed by atoms with Crippen LogP contribution in [0.3, 0.4) is 0 Å². The van der Waals surface area contributed by atoms with E-state index in [1.807, 2.05) is 0 Å². The summed E-state index contributed by atoms with van der Waals surface area (Å²) in [5.41, 5.74) is 2.84. The molecule has 1 nitrogen and oxygen atoms in total. The van der Waals surface area contributed by atoms with E-state index in [9.17, 15) is 0 Å². The molecule has 0 N–H and O–H groups in total. The molecule has 1 aromatic carbocycles. The van der Waals surface area contributed by atoms with Crippen molar-refractivity contribution in [3.8, 4) is 0 Å². The van der Waals surface area contributed by atoms with Crippen molar-refractivity contribution in [1.82, 2.24) is 0 Å². The van der Waals surface area contributed by atoms with E-state index < -0.39 is 0 Å². The maximum Gasteiger partial charge on any atom is 0.0398 e. The molecule has 0 saturated carbocycles. The van der Waals surface area contributed by atoms with Crippen molar-refractivity contribution in [3.63, 3.8) is 0 Å². The molecule has 0 saturated heterocycles. The lowest BCUT2D eigenvalue weighted by Gasteiger charge is -2.26. The Labute approximate surface area is 87.7 Å². The van der Waals surface area contributed by atoms with Crippen LogP contribution in [0.4, 0.5) is 5.69 Å². The zero-order valence-corrected chi connectivity index (χ0v) is 9.75. The predicted molar refractivity (Wildman–Crippen MR) is 64.0 cm³/mol. The summed E-state index contributed by atoms with van der Waals surface area (Å²) in [5.74, 6) is 0. The molecule has 0 atom stereocenters. The highest BCUT2D eigenvalue weighted by Crippen LogP contribution is 2.21. The van der Waals surface area contributed by atoms with Crippen LogP contribution in [0, 0.1) is 0 Å². The summed E-state index contributed by atoms with van der Waals surface area (Å²) in [7, 11) is 2.17. The normalized spacial score (nSPS) is 10.6. The number of nitrogens with zero attached hydrogens (tertiary/aromatic N) is 1. The summed E-state index contributed by atoms with van der Waals surface area (Å²) in [6.45, 7) is 6.68. The third kappa shape index (κ3) is 2.50. The molecule has 0 heterocycles. The molecule has 0 spiro atoms. The first-order valence-corrected chi connectivity index (χ1v) is 5.47. The Kier molecular flexibility index (Phi) is 3.99. The van der Waals surface area contributed by atoms with Gasteiger partial charge in [0.2, 0.25) is 0 Å². The SMILES string of the molecule is CCCc1ccccc1N(C)C(C)C. The number of aryl methyl sites for hydroxylation is 1. The Morgan fingerprint density at radius 1 is 1.21 bits per heavy atom. The van der Waals surface area contributed by atoms with Gasteiger partial charge in [0.05, 0.1) is 0 Å². The molecule has 0 unspecified atom stereocenters. The number of anilines is 1. The van der Waals surface area contributed by atoms with E-state index in [-0.39, 0.29) is 0 Å². The minimum absolute atomic E-state index is 0.563. The van der Waals surface area contributed by atoms with E-state index >= 15 is 0 Å². The van der Waals surface area contributed by atoms with Crippen LogP contribution in [0.5, 0.6) is 0 Å². The molecule has 0 aliphatic rings. The molecule has 0 amide bonds. The van der Waals surface area contributed by atoms with Crippen molar-refractivity contribution in [2.75, 3.05) is 11.9 Å². The van der Waals surface area contributed by atoms with E-state index in [0.717, 1.165) is 0 Å². The Bertz CT molecular complexity index is 278. The fourth-order valence-electron chi connectivity index (χ4n) is 1.61. The molecular formula is C13H21N. The molecule has 1 heteroatoms. The summed E-state index contributed by atoms with van der Waals surface area (Å²) in [6, 6.07) is 9.26. The lowest BCUT2D eigenvalue weighted by molar-refractivity contribution is 0.747. The maximum atomic E-state index is 2.34. The van der Waals surface area contributed by atoms with Gasteiger partial charge < -0.3 is 4.90 Å². The third-order valence-electron chi connectivity index (χ3n) is 2.67. The average molecular weight is 191 g/mol. The van der Waals surface area contributed by atoms with Crippen molar-refractivity contribution in [2.45, 2.75) is 39.7 Å². The number of benzene rings is 1. The molecule has 0 bridgehead atoms. The third-order valence-corrected chi connectivity index (χ3v) is 2.67. The summed E-state index contributed by atoms with van der Waals surface area (Å²) in [5, 5.41) is 0. The van der Waals surface area contributed by atoms with Crippen LogP contribution in [-0.4, -0.2) is 13.1 Å². The minimum atomic E-state index is 0.563. The summed E-state index contributed by atoms with van der Waals surface area (Å²) >= 11 is 0. The van der Waals surface area contributed by atoms with Crippen LogP contribution < -0.4 is 4.90 Å². The molecule has 1 rings (SSSR count). The molecule has 78 valence electrons. The van der Waals surface area contributed by atoms with Gasteiger partial charge in [-0.05, 0) is 31.9 Å². The van der Waals surface area contributed by atoms with Gasteiger partial charge in [-0.3, -0.25) is 0 Å². The molecule has 0 aromatic heterocycles. The Hall–Kier alpha value is -0.980. The fraction of sp³-hybridized carbons (Fsp3) is 0.538. The number of hydrogen-bond acceptors (Lipinski definition) is 1. The molecule has 0 aliphatic heterocycles. The second kappa shape index (κ2) is 5.04. The predicted octanol–water partition coefficient (Wildman–Crippen LogP) is 3.48. The smallest absolute Gasteiger partial charge is 0.0398 e. The molecule has 0 radical (unpaired) electrons. The maximum absolute atomic E-state index is 2.34. The highest BCUT2D eigenvalue weighted by atomic mass is 15.1. The lowest BCUT2D eigenvalue weighted by atomic mass is 10.1. The summed E-state index contributed by atoms with van der Waals surface area (Å²) in [6.07, 6.45) is 2.39. The van der Waals surface area contributed by atoms with Gasteiger partial charge in [-0.25, -0.2) is 0 Å². The quantitative estimate of drug-likeness (QED) is 0.704. The van der Waals surface area contributed by atoms with Gasteiger partial charge in [-0.1, -0.05) is 31.5 Å². The minimum Gasteiger partial charge on any atom is -0.372 e. The average Bonchev–Trinajstić information content (AvgIpc) is 2.18. The van der Waals surface area contributed by atoms with Crippen LogP contribution in [0.1, 0.15) is 32.8 Å². The van der Waals surface area contributed by atoms with E-state index in [0.29, 0.717) is 6.04 Å². The topological polar surface area (TPSA) is 3.24 Å². The van der Waals surface area contributed by atoms with Gasteiger partial charge in [0, 0.05) is 18.8 Å². The highest BCUT2D eigenvalue weighted by molar-refractivity contribution is 5.53. The van der Waals surface area contributed by atoms with Crippen molar-refractivity contribution in [1.29, 1.82) is 0 Å². The van der Waals surface area contributed by atoms with Gasteiger partial charge in [0.1, 0.15) is 0 Å². The van der Waals surface area contributed by atoms with E-state index in [1.165, 1.54) is 24.1 Å². The molecule has 1 aromatic rings. The number of rotatable bonds is 4. The number of para-hydroxylation sites is 1. The molecular weight excluding hydrogens is 170 g/mol. The second-order valence-electron chi connectivity index (χ2n) is 4.08. The molecule has 0 fully saturated rings. The van der Waals surface area contributed by atoms with Crippen LogP contribution in [-0.2, 0) is 6.42 Å². The molecule has 0 aliphatic carbocycles. The van der Waals surface area contributed by atoms with Gasteiger partial charge in [-0.15, -0.1) is 0 Å². The zero-order chi connectivity index (χ0) is 10.6. The zero-order valence-electron chi connectivity index (χ0n) is 9.75. The Balaban J connectivity index is 2.94. The van der Waals surface area contributed by atoms with Gasteiger partial charge in [-0.2, -0.15) is 0 Å². The first-order valence-electron chi connectivity index (χ1n) is 5.47.